The number of anilines is 1. The largest absolute Gasteiger partial charge is 0.301 e. The molecular formula is C9H11N3O. The van der Waals surface area contributed by atoms with Gasteiger partial charge in [0.25, 0.3) is 0 Å². The SMILES string of the molecule is CC#CC(=O)Nc1n[nH]c(C)c1C. The molecule has 1 aromatic heterocycles. The Kier molecular flexibility index (Phi) is 2.70. The van der Waals surface area contributed by atoms with Crippen molar-refractivity contribution in [1.29, 1.82) is 0 Å². The molecule has 0 saturated heterocycles. The zero-order valence-corrected chi connectivity index (χ0v) is 7.86. The number of aryl methyl sites for hydroxylation is 1. The van der Waals surface area contributed by atoms with Gasteiger partial charge >= 0.3 is 5.91 Å². The fraction of sp³-hybridized carbons (Fsp3) is 0.333. The van der Waals surface area contributed by atoms with E-state index in [1.54, 1.807) is 6.92 Å². The topological polar surface area (TPSA) is 57.8 Å². The van der Waals surface area contributed by atoms with Crippen LogP contribution in [0.15, 0.2) is 0 Å². The van der Waals surface area contributed by atoms with Crippen molar-refractivity contribution in [3.63, 3.8) is 0 Å². The molecule has 0 bridgehead atoms. The van der Waals surface area contributed by atoms with Crippen molar-refractivity contribution >= 4 is 11.7 Å². The summed E-state index contributed by atoms with van der Waals surface area (Å²) in [6, 6.07) is 0. The molecule has 0 unspecified atom stereocenters. The predicted molar refractivity (Wildman–Crippen MR) is 50.1 cm³/mol. The van der Waals surface area contributed by atoms with Crippen LogP contribution in [-0.2, 0) is 4.79 Å². The molecule has 0 aliphatic carbocycles. The fourth-order valence-corrected chi connectivity index (χ4v) is 0.859. The van der Waals surface area contributed by atoms with Gasteiger partial charge in [-0.25, -0.2) is 0 Å². The number of hydrogen-bond acceptors (Lipinski definition) is 2. The first-order chi connectivity index (χ1) is 6.15. The van der Waals surface area contributed by atoms with Crippen molar-refractivity contribution in [2.45, 2.75) is 20.8 Å². The molecule has 68 valence electrons. The first-order valence-electron chi connectivity index (χ1n) is 3.90. The van der Waals surface area contributed by atoms with Gasteiger partial charge in [-0.05, 0) is 26.7 Å². The smallest absolute Gasteiger partial charge is 0.298 e. The van der Waals surface area contributed by atoms with Crippen LogP contribution in [0.1, 0.15) is 18.2 Å². The van der Waals surface area contributed by atoms with E-state index in [9.17, 15) is 4.79 Å². The third kappa shape index (κ3) is 2.09. The number of hydrogen-bond donors (Lipinski definition) is 2. The Morgan fingerprint density at radius 1 is 1.54 bits per heavy atom. The number of aromatic amines is 1. The Labute approximate surface area is 76.7 Å². The van der Waals surface area contributed by atoms with Gasteiger partial charge in [-0.1, -0.05) is 5.92 Å². The Morgan fingerprint density at radius 3 is 2.69 bits per heavy atom. The number of aromatic nitrogens is 2. The van der Waals surface area contributed by atoms with Crippen molar-refractivity contribution in [2.24, 2.45) is 0 Å². The van der Waals surface area contributed by atoms with Crippen molar-refractivity contribution in [2.75, 3.05) is 5.32 Å². The van der Waals surface area contributed by atoms with Crippen molar-refractivity contribution < 1.29 is 4.79 Å². The van der Waals surface area contributed by atoms with E-state index in [0.29, 0.717) is 5.82 Å². The minimum atomic E-state index is -0.336. The number of nitrogens with zero attached hydrogens (tertiary/aromatic N) is 1. The van der Waals surface area contributed by atoms with E-state index in [2.05, 4.69) is 27.4 Å². The Morgan fingerprint density at radius 2 is 2.23 bits per heavy atom. The maximum Gasteiger partial charge on any atom is 0.301 e. The van der Waals surface area contributed by atoms with E-state index in [1.165, 1.54) is 0 Å². The number of H-pyrrole nitrogens is 1. The van der Waals surface area contributed by atoms with Crippen LogP contribution < -0.4 is 5.32 Å². The highest BCUT2D eigenvalue weighted by Crippen LogP contribution is 2.12. The van der Waals surface area contributed by atoms with E-state index in [0.717, 1.165) is 11.3 Å². The maximum atomic E-state index is 11.0. The van der Waals surface area contributed by atoms with E-state index >= 15 is 0 Å². The molecule has 4 nitrogen and oxygen atoms in total. The molecule has 1 aromatic rings. The van der Waals surface area contributed by atoms with E-state index in [4.69, 9.17) is 0 Å². The molecule has 0 saturated carbocycles. The van der Waals surface area contributed by atoms with E-state index in [-0.39, 0.29) is 5.91 Å². The van der Waals surface area contributed by atoms with Crippen molar-refractivity contribution in [1.82, 2.24) is 10.2 Å². The minimum Gasteiger partial charge on any atom is -0.298 e. The number of amides is 1. The van der Waals surface area contributed by atoms with Crippen LogP contribution in [0.3, 0.4) is 0 Å². The number of rotatable bonds is 1. The van der Waals surface area contributed by atoms with Crippen LogP contribution in [0.2, 0.25) is 0 Å². The lowest BCUT2D eigenvalue weighted by Gasteiger charge is -1.95. The number of nitrogens with one attached hydrogen (secondary N) is 2. The van der Waals surface area contributed by atoms with Gasteiger partial charge in [0, 0.05) is 11.3 Å². The molecule has 0 aliphatic rings. The monoisotopic (exact) mass is 177 g/mol. The second-order valence-electron chi connectivity index (χ2n) is 2.65. The highest BCUT2D eigenvalue weighted by atomic mass is 16.1. The van der Waals surface area contributed by atoms with Crippen LogP contribution in [0.25, 0.3) is 0 Å². The number of carbonyl (C=O) groups is 1. The quantitative estimate of drug-likeness (QED) is 0.628. The molecule has 0 aromatic carbocycles. The summed E-state index contributed by atoms with van der Waals surface area (Å²) in [5.41, 5.74) is 1.88. The minimum absolute atomic E-state index is 0.336. The van der Waals surface area contributed by atoms with Crippen LogP contribution in [0.4, 0.5) is 5.82 Å². The van der Waals surface area contributed by atoms with Gasteiger partial charge in [0.1, 0.15) is 0 Å². The summed E-state index contributed by atoms with van der Waals surface area (Å²) in [7, 11) is 0. The lowest BCUT2D eigenvalue weighted by molar-refractivity contribution is -0.111. The highest BCUT2D eigenvalue weighted by molar-refractivity contribution is 6.03. The molecule has 2 N–H and O–H groups in total. The first-order valence-corrected chi connectivity index (χ1v) is 3.90. The molecule has 13 heavy (non-hydrogen) atoms. The summed E-state index contributed by atoms with van der Waals surface area (Å²) < 4.78 is 0. The van der Waals surface area contributed by atoms with Crippen LogP contribution >= 0.6 is 0 Å². The fourth-order valence-electron chi connectivity index (χ4n) is 0.859. The van der Waals surface area contributed by atoms with Gasteiger partial charge in [0.05, 0.1) is 0 Å². The van der Waals surface area contributed by atoms with Gasteiger partial charge in [0.15, 0.2) is 5.82 Å². The summed E-state index contributed by atoms with van der Waals surface area (Å²) in [5, 5.41) is 9.26. The van der Waals surface area contributed by atoms with Gasteiger partial charge in [-0.15, -0.1) is 0 Å². The first kappa shape index (κ1) is 9.33. The van der Waals surface area contributed by atoms with Crippen molar-refractivity contribution in [3.8, 4) is 11.8 Å². The van der Waals surface area contributed by atoms with Gasteiger partial charge in [-0.2, -0.15) is 5.10 Å². The molecule has 0 fully saturated rings. The molecule has 1 heterocycles. The molecule has 1 rings (SSSR count). The average Bonchev–Trinajstić information content (AvgIpc) is 2.37. The molecule has 4 heteroatoms. The second-order valence-corrected chi connectivity index (χ2v) is 2.65. The standard InChI is InChI=1S/C9H11N3O/c1-4-5-8(13)10-9-6(2)7(3)11-12-9/h1-3H3,(H2,10,11,12,13). The molecule has 0 radical (unpaired) electrons. The Bertz CT molecular complexity index is 381. The second kappa shape index (κ2) is 3.76. The molecule has 0 aliphatic heterocycles. The van der Waals surface area contributed by atoms with Gasteiger partial charge in [-0.3, -0.25) is 15.2 Å². The van der Waals surface area contributed by atoms with Crippen LogP contribution in [-0.4, -0.2) is 16.1 Å². The maximum absolute atomic E-state index is 11.0. The average molecular weight is 177 g/mol. The lowest BCUT2D eigenvalue weighted by Crippen LogP contribution is -2.09. The zero-order valence-electron chi connectivity index (χ0n) is 7.86. The third-order valence-corrected chi connectivity index (χ3v) is 1.72. The molecular weight excluding hydrogens is 166 g/mol. The Hall–Kier alpha value is -1.76. The summed E-state index contributed by atoms with van der Waals surface area (Å²) in [4.78, 5) is 11.0. The third-order valence-electron chi connectivity index (χ3n) is 1.72. The van der Waals surface area contributed by atoms with E-state index in [1.807, 2.05) is 13.8 Å². The summed E-state index contributed by atoms with van der Waals surface area (Å²) in [6.45, 7) is 5.39. The summed E-state index contributed by atoms with van der Waals surface area (Å²) >= 11 is 0. The van der Waals surface area contributed by atoms with Gasteiger partial charge in [0.2, 0.25) is 0 Å². The van der Waals surface area contributed by atoms with Crippen LogP contribution in [0, 0.1) is 25.7 Å². The van der Waals surface area contributed by atoms with Gasteiger partial charge < -0.3 is 0 Å². The molecule has 0 atom stereocenters. The molecule has 0 spiro atoms. The number of carbonyl (C=O) groups excluding carboxylic acids is 1. The van der Waals surface area contributed by atoms with Crippen molar-refractivity contribution in [3.05, 3.63) is 11.3 Å². The zero-order chi connectivity index (χ0) is 9.84. The summed E-state index contributed by atoms with van der Waals surface area (Å²) in [6.07, 6.45) is 0. The highest BCUT2D eigenvalue weighted by Gasteiger charge is 2.06. The summed E-state index contributed by atoms with van der Waals surface area (Å²) in [5.74, 6) is 5.10. The lowest BCUT2D eigenvalue weighted by atomic mass is 10.3. The Balaban J connectivity index is 2.79. The normalized spacial score (nSPS) is 8.85. The molecule has 1 amide bonds. The predicted octanol–water partition coefficient (Wildman–Crippen LogP) is 0.988. The van der Waals surface area contributed by atoms with Crippen LogP contribution in [0.5, 0.6) is 0 Å². The van der Waals surface area contributed by atoms with E-state index < -0.39 is 0 Å².